The van der Waals surface area contributed by atoms with Gasteiger partial charge in [0.05, 0.1) is 0 Å². The smallest absolute Gasteiger partial charge is 0.354 e. The standard InChI is InChI=1S/C9H9N3O3/c1-5-3-7(11-15-5)6-4-8(9(13)14)12(2)10-6/h3-4H,1-2H3,(H,13,14). The molecule has 2 rings (SSSR count). The van der Waals surface area contributed by atoms with Crippen LogP contribution in [0.3, 0.4) is 0 Å². The van der Waals surface area contributed by atoms with Crippen LogP contribution in [0.5, 0.6) is 0 Å². The zero-order valence-corrected chi connectivity index (χ0v) is 8.26. The summed E-state index contributed by atoms with van der Waals surface area (Å²) in [6.07, 6.45) is 0. The molecule has 0 aliphatic carbocycles. The number of rotatable bonds is 2. The van der Waals surface area contributed by atoms with Crippen LogP contribution in [0.25, 0.3) is 11.4 Å². The third kappa shape index (κ3) is 1.61. The number of nitrogens with zero attached hydrogens (tertiary/aromatic N) is 3. The molecule has 0 aromatic carbocycles. The Morgan fingerprint density at radius 2 is 2.20 bits per heavy atom. The predicted molar refractivity (Wildman–Crippen MR) is 50.4 cm³/mol. The Bertz CT molecular complexity index is 512. The Morgan fingerprint density at radius 1 is 1.47 bits per heavy atom. The SMILES string of the molecule is Cc1cc(-c2cc(C(=O)O)n(C)n2)no1. The normalized spacial score (nSPS) is 10.5. The second-order valence-corrected chi connectivity index (χ2v) is 3.17. The molecule has 2 aromatic rings. The van der Waals surface area contributed by atoms with Crippen molar-refractivity contribution in [2.45, 2.75) is 6.92 Å². The van der Waals surface area contributed by atoms with Gasteiger partial charge >= 0.3 is 5.97 Å². The van der Waals surface area contributed by atoms with Gasteiger partial charge in [-0.1, -0.05) is 5.16 Å². The summed E-state index contributed by atoms with van der Waals surface area (Å²) in [4.78, 5) is 10.8. The van der Waals surface area contributed by atoms with Crippen molar-refractivity contribution in [2.24, 2.45) is 7.05 Å². The van der Waals surface area contributed by atoms with E-state index in [4.69, 9.17) is 9.63 Å². The van der Waals surface area contributed by atoms with Gasteiger partial charge in [-0.15, -0.1) is 0 Å². The third-order valence-corrected chi connectivity index (χ3v) is 1.99. The number of carboxylic acid groups (broad SMARTS) is 1. The van der Waals surface area contributed by atoms with Crippen molar-refractivity contribution >= 4 is 5.97 Å². The summed E-state index contributed by atoms with van der Waals surface area (Å²) in [6, 6.07) is 3.16. The van der Waals surface area contributed by atoms with Gasteiger partial charge in [0.2, 0.25) is 0 Å². The van der Waals surface area contributed by atoms with E-state index < -0.39 is 5.97 Å². The highest BCUT2D eigenvalue weighted by molar-refractivity contribution is 5.87. The highest BCUT2D eigenvalue weighted by Crippen LogP contribution is 2.18. The van der Waals surface area contributed by atoms with E-state index in [1.807, 2.05) is 0 Å². The lowest BCUT2D eigenvalue weighted by Gasteiger charge is -1.91. The van der Waals surface area contributed by atoms with Crippen molar-refractivity contribution in [3.8, 4) is 11.4 Å². The number of aromatic nitrogens is 3. The lowest BCUT2D eigenvalue weighted by molar-refractivity contribution is 0.0685. The molecule has 0 unspecified atom stereocenters. The molecule has 0 spiro atoms. The Hall–Kier alpha value is -2.11. The first kappa shape index (κ1) is 9.45. The zero-order valence-electron chi connectivity index (χ0n) is 8.26. The molecule has 6 heteroatoms. The first-order valence-corrected chi connectivity index (χ1v) is 4.29. The van der Waals surface area contributed by atoms with E-state index in [0.29, 0.717) is 17.1 Å². The second-order valence-electron chi connectivity index (χ2n) is 3.17. The molecule has 0 atom stereocenters. The number of aromatic carboxylic acids is 1. The van der Waals surface area contributed by atoms with Crippen LogP contribution in [-0.4, -0.2) is 26.0 Å². The van der Waals surface area contributed by atoms with Crippen LogP contribution in [-0.2, 0) is 7.05 Å². The van der Waals surface area contributed by atoms with Crippen LogP contribution in [0, 0.1) is 6.92 Å². The predicted octanol–water partition coefficient (Wildman–Crippen LogP) is 1.08. The molecule has 2 aromatic heterocycles. The van der Waals surface area contributed by atoms with Crippen molar-refractivity contribution < 1.29 is 14.4 Å². The fourth-order valence-corrected chi connectivity index (χ4v) is 1.28. The van der Waals surface area contributed by atoms with Gasteiger partial charge in [0.25, 0.3) is 0 Å². The van der Waals surface area contributed by atoms with Crippen LogP contribution in [0.1, 0.15) is 16.2 Å². The van der Waals surface area contributed by atoms with Gasteiger partial charge in [-0.25, -0.2) is 4.79 Å². The third-order valence-electron chi connectivity index (χ3n) is 1.99. The van der Waals surface area contributed by atoms with Crippen LogP contribution >= 0.6 is 0 Å². The lowest BCUT2D eigenvalue weighted by Crippen LogP contribution is -2.04. The summed E-state index contributed by atoms with van der Waals surface area (Å²) in [5, 5.41) is 16.6. The lowest BCUT2D eigenvalue weighted by atomic mass is 10.2. The van der Waals surface area contributed by atoms with Crippen LogP contribution in [0.2, 0.25) is 0 Å². The van der Waals surface area contributed by atoms with Gasteiger partial charge in [0.15, 0.2) is 0 Å². The molecule has 78 valence electrons. The van der Waals surface area contributed by atoms with E-state index >= 15 is 0 Å². The summed E-state index contributed by atoms with van der Waals surface area (Å²) in [7, 11) is 1.57. The maximum absolute atomic E-state index is 10.8. The van der Waals surface area contributed by atoms with E-state index in [0.717, 1.165) is 0 Å². The minimum atomic E-state index is -1.02. The minimum Gasteiger partial charge on any atom is -0.477 e. The maximum Gasteiger partial charge on any atom is 0.354 e. The van der Waals surface area contributed by atoms with Crippen molar-refractivity contribution in [3.05, 3.63) is 23.6 Å². The number of hydrogen-bond donors (Lipinski definition) is 1. The molecular weight excluding hydrogens is 198 g/mol. The molecule has 15 heavy (non-hydrogen) atoms. The van der Waals surface area contributed by atoms with Crippen molar-refractivity contribution in [2.75, 3.05) is 0 Å². The van der Waals surface area contributed by atoms with E-state index in [9.17, 15) is 4.79 Å². The first-order valence-electron chi connectivity index (χ1n) is 4.29. The highest BCUT2D eigenvalue weighted by Gasteiger charge is 2.14. The Balaban J connectivity index is 2.46. The quantitative estimate of drug-likeness (QED) is 0.796. The number of aryl methyl sites for hydroxylation is 2. The molecule has 0 aliphatic heterocycles. The summed E-state index contributed by atoms with van der Waals surface area (Å²) < 4.78 is 6.18. The Kier molecular flexibility index (Phi) is 2.03. The van der Waals surface area contributed by atoms with Gasteiger partial charge in [-0.3, -0.25) is 4.68 Å². The first-order chi connectivity index (χ1) is 7.08. The van der Waals surface area contributed by atoms with Crippen LogP contribution < -0.4 is 0 Å². The summed E-state index contributed by atoms with van der Waals surface area (Å²) in [5.41, 5.74) is 1.15. The zero-order chi connectivity index (χ0) is 11.0. The van der Waals surface area contributed by atoms with Crippen LogP contribution in [0.15, 0.2) is 16.7 Å². The van der Waals surface area contributed by atoms with Crippen molar-refractivity contribution in [1.82, 2.24) is 14.9 Å². The number of hydrogen-bond acceptors (Lipinski definition) is 4. The average Bonchev–Trinajstić information content (AvgIpc) is 2.71. The summed E-state index contributed by atoms with van der Waals surface area (Å²) in [5.74, 6) is -0.357. The Morgan fingerprint density at radius 3 is 2.67 bits per heavy atom. The largest absolute Gasteiger partial charge is 0.477 e. The highest BCUT2D eigenvalue weighted by atomic mass is 16.5. The molecular formula is C9H9N3O3. The molecule has 0 saturated carbocycles. The summed E-state index contributed by atoms with van der Waals surface area (Å²) >= 11 is 0. The van der Waals surface area contributed by atoms with E-state index in [-0.39, 0.29) is 5.69 Å². The number of carboxylic acids is 1. The molecule has 1 N–H and O–H groups in total. The summed E-state index contributed by atoms with van der Waals surface area (Å²) in [6.45, 7) is 1.76. The van der Waals surface area contributed by atoms with Crippen molar-refractivity contribution in [1.29, 1.82) is 0 Å². The van der Waals surface area contributed by atoms with Gasteiger partial charge in [0, 0.05) is 19.2 Å². The van der Waals surface area contributed by atoms with Gasteiger partial charge in [-0.05, 0) is 6.92 Å². The van der Waals surface area contributed by atoms with E-state index in [1.165, 1.54) is 10.7 Å². The average molecular weight is 207 g/mol. The molecule has 0 bridgehead atoms. The topological polar surface area (TPSA) is 81.1 Å². The second kappa shape index (κ2) is 3.23. The monoisotopic (exact) mass is 207 g/mol. The molecule has 0 amide bonds. The molecule has 0 aliphatic rings. The van der Waals surface area contributed by atoms with Gasteiger partial charge in [-0.2, -0.15) is 5.10 Å². The fourth-order valence-electron chi connectivity index (χ4n) is 1.28. The minimum absolute atomic E-state index is 0.116. The van der Waals surface area contributed by atoms with Gasteiger partial charge < -0.3 is 9.63 Å². The van der Waals surface area contributed by atoms with E-state index in [1.54, 1.807) is 20.0 Å². The molecule has 0 fully saturated rings. The Labute approximate surface area is 85.1 Å². The maximum atomic E-state index is 10.8. The van der Waals surface area contributed by atoms with Crippen molar-refractivity contribution in [3.63, 3.8) is 0 Å². The molecule has 2 heterocycles. The number of carbonyl (C=O) groups is 1. The van der Waals surface area contributed by atoms with E-state index in [2.05, 4.69) is 10.3 Å². The van der Waals surface area contributed by atoms with Crippen LogP contribution in [0.4, 0.5) is 0 Å². The van der Waals surface area contributed by atoms with Gasteiger partial charge in [0.1, 0.15) is 22.8 Å². The molecule has 0 radical (unpaired) electrons. The molecule has 0 saturated heterocycles. The molecule has 6 nitrogen and oxygen atoms in total. The fraction of sp³-hybridized carbons (Fsp3) is 0.222.